The Hall–Kier alpha value is -1.12. The summed E-state index contributed by atoms with van der Waals surface area (Å²) in [5.74, 6) is 0.832. The number of rotatable bonds is 6. The molecule has 3 heteroatoms. The first kappa shape index (κ1) is 9.88. The van der Waals surface area contributed by atoms with Gasteiger partial charge in [0.2, 0.25) is 0 Å². The van der Waals surface area contributed by atoms with Gasteiger partial charge in [0.1, 0.15) is 0 Å². The van der Waals surface area contributed by atoms with Gasteiger partial charge in [-0.3, -0.25) is 0 Å². The van der Waals surface area contributed by atoms with Crippen molar-refractivity contribution in [2.45, 2.75) is 13.3 Å². The molecule has 3 N–H and O–H groups in total. The highest BCUT2D eigenvalue weighted by molar-refractivity contribution is 4.94. The fraction of sp³-hybridized carbons (Fsp3) is 0.500. The molecular formula is C8H17N3. The summed E-state index contributed by atoms with van der Waals surface area (Å²) in [6.07, 6.45) is 4.71. The summed E-state index contributed by atoms with van der Waals surface area (Å²) in [6.45, 7) is 6.84. The van der Waals surface area contributed by atoms with Crippen LogP contribution in [-0.2, 0) is 0 Å². The van der Waals surface area contributed by atoms with E-state index in [1.807, 2.05) is 7.05 Å². The molecule has 0 unspecified atom stereocenters. The van der Waals surface area contributed by atoms with Crippen molar-refractivity contribution in [1.82, 2.24) is 16.0 Å². The van der Waals surface area contributed by atoms with Crippen LogP contribution in [0.25, 0.3) is 0 Å². The summed E-state index contributed by atoms with van der Waals surface area (Å²) >= 11 is 0. The Kier molecular flexibility index (Phi) is 6.28. The maximum absolute atomic E-state index is 3.76. The highest BCUT2D eigenvalue weighted by atomic mass is 15.1. The average molecular weight is 155 g/mol. The van der Waals surface area contributed by atoms with E-state index in [4.69, 9.17) is 0 Å². The molecule has 0 heterocycles. The molecule has 0 spiro atoms. The van der Waals surface area contributed by atoms with Gasteiger partial charge in [-0.25, -0.2) is 0 Å². The van der Waals surface area contributed by atoms with Gasteiger partial charge in [-0.05, 0) is 6.42 Å². The van der Waals surface area contributed by atoms with Crippen LogP contribution in [0.1, 0.15) is 13.3 Å². The quantitative estimate of drug-likeness (QED) is 0.529. The van der Waals surface area contributed by atoms with Gasteiger partial charge >= 0.3 is 0 Å². The first-order valence-electron chi connectivity index (χ1n) is 3.82. The molecule has 0 amide bonds. The Morgan fingerprint density at radius 3 is 2.73 bits per heavy atom. The average Bonchev–Trinajstić information content (AvgIpc) is 2.01. The molecule has 0 radical (unpaired) electrons. The van der Waals surface area contributed by atoms with Crippen LogP contribution in [-0.4, -0.2) is 13.6 Å². The highest BCUT2D eigenvalue weighted by Crippen LogP contribution is 1.77. The molecule has 64 valence electrons. The molecule has 0 saturated heterocycles. The predicted molar refractivity (Wildman–Crippen MR) is 48.8 cm³/mol. The van der Waals surface area contributed by atoms with E-state index in [2.05, 4.69) is 29.5 Å². The lowest BCUT2D eigenvalue weighted by Gasteiger charge is -2.06. The van der Waals surface area contributed by atoms with Crippen molar-refractivity contribution >= 4 is 0 Å². The van der Waals surface area contributed by atoms with E-state index in [-0.39, 0.29) is 0 Å². The molecule has 0 rings (SSSR count). The van der Waals surface area contributed by atoms with Gasteiger partial charge in [-0.1, -0.05) is 13.5 Å². The zero-order valence-corrected chi connectivity index (χ0v) is 7.28. The molecule has 0 aliphatic heterocycles. The van der Waals surface area contributed by atoms with Crippen LogP contribution in [0.3, 0.4) is 0 Å². The van der Waals surface area contributed by atoms with E-state index in [1.165, 1.54) is 0 Å². The maximum Gasteiger partial charge on any atom is 0.0952 e. The van der Waals surface area contributed by atoms with Gasteiger partial charge in [-0.2, -0.15) is 0 Å². The second kappa shape index (κ2) is 6.99. The summed E-state index contributed by atoms with van der Waals surface area (Å²) in [5, 5.41) is 8.94. The highest BCUT2D eigenvalue weighted by Gasteiger charge is 1.84. The molecule has 0 fully saturated rings. The van der Waals surface area contributed by atoms with E-state index in [0.29, 0.717) is 0 Å². The van der Waals surface area contributed by atoms with Crippen LogP contribution in [0.2, 0.25) is 0 Å². The van der Waals surface area contributed by atoms with E-state index in [1.54, 1.807) is 12.4 Å². The molecule has 0 atom stereocenters. The molecule has 11 heavy (non-hydrogen) atoms. The van der Waals surface area contributed by atoms with Crippen LogP contribution >= 0.6 is 0 Å². The largest absolute Gasteiger partial charge is 0.393 e. The summed E-state index contributed by atoms with van der Waals surface area (Å²) in [5.41, 5.74) is 0. The number of hydrogen-bond acceptors (Lipinski definition) is 3. The van der Waals surface area contributed by atoms with Gasteiger partial charge < -0.3 is 16.0 Å². The van der Waals surface area contributed by atoms with Crippen LogP contribution in [0.15, 0.2) is 24.8 Å². The topological polar surface area (TPSA) is 36.1 Å². The Labute approximate surface area is 68.6 Å². The standard InChI is InChI=1S/C8H17N3/c1-4-5-10-8(2)11-7-6-9-3/h6-7,9-11H,2,4-5H2,1,3H3/b7-6+. The second-order valence-electron chi connectivity index (χ2n) is 2.17. The fourth-order valence-corrected chi connectivity index (χ4v) is 0.553. The lowest BCUT2D eigenvalue weighted by atomic mass is 10.5. The van der Waals surface area contributed by atoms with E-state index < -0.39 is 0 Å². The van der Waals surface area contributed by atoms with Crippen molar-refractivity contribution in [3.8, 4) is 0 Å². The van der Waals surface area contributed by atoms with Gasteiger partial charge in [0.25, 0.3) is 0 Å². The van der Waals surface area contributed by atoms with Crippen LogP contribution < -0.4 is 16.0 Å². The molecule has 0 aromatic rings. The lowest BCUT2D eigenvalue weighted by Crippen LogP contribution is -2.22. The summed E-state index contributed by atoms with van der Waals surface area (Å²) in [7, 11) is 1.85. The third-order valence-corrected chi connectivity index (χ3v) is 1.10. The Balaban J connectivity index is 3.29. The van der Waals surface area contributed by atoms with Crippen molar-refractivity contribution < 1.29 is 0 Å². The molecule has 0 aromatic carbocycles. The van der Waals surface area contributed by atoms with E-state index >= 15 is 0 Å². The zero-order chi connectivity index (χ0) is 8.53. The van der Waals surface area contributed by atoms with Gasteiger partial charge in [-0.15, -0.1) is 0 Å². The SMILES string of the molecule is C=C(N/C=C/NC)NCCC. The molecule has 0 saturated carbocycles. The lowest BCUT2D eigenvalue weighted by molar-refractivity contribution is 0.730. The normalized spacial score (nSPS) is 9.64. The maximum atomic E-state index is 3.76. The van der Waals surface area contributed by atoms with Crippen LogP contribution in [0, 0.1) is 0 Å². The fourth-order valence-electron chi connectivity index (χ4n) is 0.553. The third kappa shape index (κ3) is 6.77. The summed E-state index contributed by atoms with van der Waals surface area (Å²) in [4.78, 5) is 0. The Morgan fingerprint density at radius 1 is 1.45 bits per heavy atom. The zero-order valence-electron chi connectivity index (χ0n) is 7.28. The third-order valence-electron chi connectivity index (χ3n) is 1.10. The van der Waals surface area contributed by atoms with Gasteiger partial charge in [0.15, 0.2) is 0 Å². The van der Waals surface area contributed by atoms with Crippen molar-refractivity contribution in [1.29, 1.82) is 0 Å². The second-order valence-corrected chi connectivity index (χ2v) is 2.17. The molecular weight excluding hydrogens is 138 g/mol. The molecule has 0 aliphatic carbocycles. The van der Waals surface area contributed by atoms with Gasteiger partial charge in [0.05, 0.1) is 5.82 Å². The summed E-state index contributed by atoms with van der Waals surface area (Å²) in [6, 6.07) is 0. The van der Waals surface area contributed by atoms with E-state index in [9.17, 15) is 0 Å². The summed E-state index contributed by atoms with van der Waals surface area (Å²) < 4.78 is 0. The van der Waals surface area contributed by atoms with Gasteiger partial charge in [0, 0.05) is 26.0 Å². The van der Waals surface area contributed by atoms with Crippen molar-refractivity contribution in [3.63, 3.8) is 0 Å². The monoisotopic (exact) mass is 155 g/mol. The number of nitrogens with one attached hydrogen (secondary N) is 3. The molecule has 3 nitrogen and oxygen atoms in total. The first-order valence-corrected chi connectivity index (χ1v) is 3.82. The first-order chi connectivity index (χ1) is 5.31. The minimum atomic E-state index is 0.832. The van der Waals surface area contributed by atoms with Crippen LogP contribution in [0.4, 0.5) is 0 Å². The molecule has 0 aliphatic rings. The number of hydrogen-bond donors (Lipinski definition) is 3. The van der Waals surface area contributed by atoms with E-state index in [0.717, 1.165) is 18.8 Å². The van der Waals surface area contributed by atoms with Crippen molar-refractivity contribution in [2.24, 2.45) is 0 Å². The van der Waals surface area contributed by atoms with Crippen LogP contribution in [0.5, 0.6) is 0 Å². The minimum absolute atomic E-state index is 0.832. The predicted octanol–water partition coefficient (Wildman–Crippen LogP) is 0.737. The molecule has 0 bridgehead atoms. The minimum Gasteiger partial charge on any atom is -0.393 e. The smallest absolute Gasteiger partial charge is 0.0952 e. The molecule has 0 aromatic heterocycles. The Bertz CT molecular complexity index is 129. The van der Waals surface area contributed by atoms with Crippen molar-refractivity contribution in [2.75, 3.05) is 13.6 Å². The van der Waals surface area contributed by atoms with Crippen molar-refractivity contribution in [3.05, 3.63) is 24.8 Å². The Morgan fingerprint density at radius 2 is 2.18 bits per heavy atom.